The lowest BCUT2D eigenvalue weighted by atomic mass is 10.1. The minimum atomic E-state index is -0.862. The zero-order chi connectivity index (χ0) is 18.1. The van der Waals surface area contributed by atoms with Gasteiger partial charge in [0.15, 0.2) is 0 Å². The van der Waals surface area contributed by atoms with E-state index in [0.717, 1.165) is 46.5 Å². The number of aromatic carboxylic acids is 1. The molecule has 1 N–H and O–H groups in total. The molecule has 4 rings (SSSR count). The molecule has 6 heteroatoms. The van der Waals surface area contributed by atoms with Gasteiger partial charge in [-0.25, -0.2) is 9.78 Å². The maximum Gasteiger partial charge on any atom is 0.345 e. The summed E-state index contributed by atoms with van der Waals surface area (Å²) in [4.78, 5) is 15.8. The molecule has 0 saturated heterocycles. The molecule has 0 aliphatic carbocycles. The first kappa shape index (κ1) is 16.6. The number of benzene rings is 1. The summed E-state index contributed by atoms with van der Waals surface area (Å²) in [5.74, 6) is -0.862. The van der Waals surface area contributed by atoms with Crippen molar-refractivity contribution in [1.82, 2.24) is 14.1 Å². The van der Waals surface area contributed by atoms with Crippen molar-refractivity contribution in [3.63, 3.8) is 0 Å². The summed E-state index contributed by atoms with van der Waals surface area (Å²) >= 11 is 1.34. The summed E-state index contributed by atoms with van der Waals surface area (Å²) in [5.41, 5.74) is 4.33. The molecule has 26 heavy (non-hydrogen) atoms. The molecule has 0 amide bonds. The van der Waals surface area contributed by atoms with Crippen molar-refractivity contribution in [2.45, 2.75) is 26.3 Å². The van der Waals surface area contributed by atoms with Crippen LogP contribution >= 0.6 is 11.3 Å². The molecule has 4 aromatic rings. The third kappa shape index (κ3) is 2.93. The second-order valence-electron chi connectivity index (χ2n) is 6.22. The number of thiophene rings is 1. The van der Waals surface area contributed by atoms with Crippen LogP contribution in [0.1, 0.15) is 29.4 Å². The van der Waals surface area contributed by atoms with Crippen LogP contribution in [0, 0.1) is 0 Å². The van der Waals surface area contributed by atoms with Gasteiger partial charge in [0.25, 0.3) is 0 Å². The van der Waals surface area contributed by atoms with E-state index in [4.69, 9.17) is 0 Å². The van der Waals surface area contributed by atoms with Crippen molar-refractivity contribution in [3.05, 3.63) is 60.0 Å². The number of hydrogen-bond donors (Lipinski definition) is 1. The van der Waals surface area contributed by atoms with E-state index in [1.807, 2.05) is 10.8 Å². The van der Waals surface area contributed by atoms with Crippen molar-refractivity contribution in [3.8, 4) is 16.9 Å². The molecule has 0 aliphatic heterocycles. The molecule has 132 valence electrons. The standard InChI is InChI=1S/C20H19N3O2S/c1-2-3-9-23-16(11-18-17(23)12-19(26-18)20(24)25)14-4-6-15(7-5-14)22-10-8-21-13-22/h4-8,10-13H,2-3,9H2,1H3,(H,24,25). The third-order valence-electron chi connectivity index (χ3n) is 4.50. The molecule has 3 aromatic heterocycles. The Balaban J connectivity index is 1.77. The Morgan fingerprint density at radius 2 is 2.04 bits per heavy atom. The van der Waals surface area contributed by atoms with Crippen molar-refractivity contribution < 1.29 is 9.90 Å². The van der Waals surface area contributed by atoms with Gasteiger partial charge in [-0.3, -0.25) is 0 Å². The Bertz CT molecular complexity index is 1040. The van der Waals surface area contributed by atoms with Crippen LogP contribution in [0.4, 0.5) is 0 Å². The average Bonchev–Trinajstić information content (AvgIpc) is 3.36. The number of carboxylic acids is 1. The first-order valence-electron chi connectivity index (χ1n) is 8.62. The molecular weight excluding hydrogens is 346 g/mol. The highest BCUT2D eigenvalue weighted by Gasteiger charge is 2.16. The Morgan fingerprint density at radius 3 is 2.69 bits per heavy atom. The van der Waals surface area contributed by atoms with Crippen LogP contribution in [0.5, 0.6) is 0 Å². The zero-order valence-electron chi connectivity index (χ0n) is 14.4. The molecule has 0 aliphatic rings. The van der Waals surface area contributed by atoms with E-state index < -0.39 is 5.97 Å². The molecule has 0 radical (unpaired) electrons. The lowest BCUT2D eigenvalue weighted by Gasteiger charge is -2.11. The van der Waals surface area contributed by atoms with Crippen LogP contribution in [0.15, 0.2) is 55.1 Å². The number of nitrogens with zero attached hydrogens (tertiary/aromatic N) is 3. The van der Waals surface area contributed by atoms with E-state index in [0.29, 0.717) is 4.88 Å². The van der Waals surface area contributed by atoms with Gasteiger partial charge in [0, 0.05) is 30.3 Å². The lowest BCUT2D eigenvalue weighted by Crippen LogP contribution is -2.00. The van der Waals surface area contributed by atoms with Gasteiger partial charge in [0.1, 0.15) is 4.88 Å². The van der Waals surface area contributed by atoms with E-state index >= 15 is 0 Å². The smallest absolute Gasteiger partial charge is 0.345 e. The fourth-order valence-electron chi connectivity index (χ4n) is 3.16. The second kappa shape index (κ2) is 6.80. The molecule has 0 bridgehead atoms. The molecule has 1 aromatic carbocycles. The average molecular weight is 365 g/mol. The van der Waals surface area contributed by atoms with Crippen molar-refractivity contribution in [2.24, 2.45) is 0 Å². The summed E-state index contributed by atoms with van der Waals surface area (Å²) in [7, 11) is 0. The highest BCUT2D eigenvalue weighted by Crippen LogP contribution is 2.34. The molecule has 3 heterocycles. The Hall–Kier alpha value is -2.86. The number of carbonyl (C=O) groups is 1. The monoisotopic (exact) mass is 365 g/mol. The number of aryl methyl sites for hydroxylation is 1. The quantitative estimate of drug-likeness (QED) is 0.520. The highest BCUT2D eigenvalue weighted by molar-refractivity contribution is 7.20. The van der Waals surface area contributed by atoms with Gasteiger partial charge < -0.3 is 14.2 Å². The van der Waals surface area contributed by atoms with Crippen molar-refractivity contribution >= 4 is 27.5 Å². The largest absolute Gasteiger partial charge is 0.477 e. The molecule has 0 spiro atoms. The lowest BCUT2D eigenvalue weighted by molar-refractivity contribution is 0.0702. The predicted octanol–water partition coefficient (Wildman–Crippen LogP) is 5.05. The topological polar surface area (TPSA) is 60.0 Å². The van der Waals surface area contributed by atoms with Gasteiger partial charge in [0.2, 0.25) is 0 Å². The van der Waals surface area contributed by atoms with E-state index in [1.54, 1.807) is 18.6 Å². The van der Waals surface area contributed by atoms with Crippen LogP contribution in [0.2, 0.25) is 0 Å². The predicted molar refractivity (Wildman–Crippen MR) is 104 cm³/mol. The SMILES string of the molecule is CCCCn1c(-c2ccc(-n3ccnc3)cc2)cc2sc(C(=O)O)cc21. The fraction of sp³-hybridized carbons (Fsp3) is 0.200. The van der Waals surface area contributed by atoms with E-state index in [2.05, 4.69) is 46.8 Å². The van der Waals surface area contributed by atoms with Crippen LogP contribution in [-0.4, -0.2) is 25.2 Å². The zero-order valence-corrected chi connectivity index (χ0v) is 15.2. The Morgan fingerprint density at radius 1 is 1.23 bits per heavy atom. The van der Waals surface area contributed by atoms with Gasteiger partial charge >= 0.3 is 5.97 Å². The number of fused-ring (bicyclic) bond motifs is 1. The summed E-state index contributed by atoms with van der Waals surface area (Å²) in [5, 5.41) is 9.27. The maximum absolute atomic E-state index is 11.3. The number of rotatable bonds is 6. The first-order chi connectivity index (χ1) is 12.7. The number of aromatic nitrogens is 3. The number of unbranched alkanes of at least 4 members (excludes halogenated alkanes) is 1. The maximum atomic E-state index is 11.3. The third-order valence-corrected chi connectivity index (χ3v) is 5.56. The van der Waals surface area contributed by atoms with Gasteiger partial charge in [-0.05, 0) is 36.2 Å². The Labute approximate surface area is 155 Å². The molecule has 0 atom stereocenters. The van der Waals surface area contributed by atoms with Crippen molar-refractivity contribution in [1.29, 1.82) is 0 Å². The molecule has 0 unspecified atom stereocenters. The van der Waals surface area contributed by atoms with Gasteiger partial charge in [-0.15, -0.1) is 11.3 Å². The highest BCUT2D eigenvalue weighted by atomic mass is 32.1. The molecule has 5 nitrogen and oxygen atoms in total. The minimum absolute atomic E-state index is 0.391. The fourth-order valence-corrected chi connectivity index (χ4v) is 4.10. The first-order valence-corrected chi connectivity index (χ1v) is 9.44. The van der Waals surface area contributed by atoms with Gasteiger partial charge in [-0.1, -0.05) is 25.5 Å². The van der Waals surface area contributed by atoms with Crippen LogP contribution < -0.4 is 0 Å². The Kier molecular flexibility index (Phi) is 4.34. The molecular formula is C20H19N3O2S. The normalized spacial score (nSPS) is 11.3. The van der Waals surface area contributed by atoms with Gasteiger partial charge in [-0.2, -0.15) is 0 Å². The van der Waals surface area contributed by atoms with Gasteiger partial charge in [0.05, 0.1) is 16.5 Å². The van der Waals surface area contributed by atoms with E-state index in [1.165, 1.54) is 11.3 Å². The van der Waals surface area contributed by atoms with Crippen LogP contribution in [0.25, 0.3) is 27.2 Å². The molecule has 0 fully saturated rings. The summed E-state index contributed by atoms with van der Waals surface area (Å²) < 4.78 is 5.23. The molecule has 0 saturated carbocycles. The van der Waals surface area contributed by atoms with E-state index in [-0.39, 0.29) is 0 Å². The van der Waals surface area contributed by atoms with Crippen molar-refractivity contribution in [2.75, 3.05) is 0 Å². The summed E-state index contributed by atoms with van der Waals surface area (Å²) in [6, 6.07) is 12.3. The number of hydrogen-bond acceptors (Lipinski definition) is 3. The number of carboxylic acid groups (broad SMARTS) is 1. The minimum Gasteiger partial charge on any atom is -0.477 e. The summed E-state index contributed by atoms with van der Waals surface area (Å²) in [6.45, 7) is 3.05. The number of imidazole rings is 1. The van der Waals surface area contributed by atoms with Crippen LogP contribution in [-0.2, 0) is 6.54 Å². The summed E-state index contributed by atoms with van der Waals surface area (Å²) in [6.07, 6.45) is 7.61. The van der Waals surface area contributed by atoms with E-state index in [9.17, 15) is 9.90 Å². The second-order valence-corrected chi connectivity index (χ2v) is 7.30. The van der Waals surface area contributed by atoms with Crippen LogP contribution in [0.3, 0.4) is 0 Å².